The molecule has 1 aromatic carbocycles. The maximum absolute atomic E-state index is 11.8. The van der Waals surface area contributed by atoms with Gasteiger partial charge in [-0.1, -0.05) is 24.4 Å². The first-order valence-electron chi connectivity index (χ1n) is 6.87. The molecule has 5 heteroatoms. The number of piperidine rings is 1. The lowest BCUT2D eigenvalue weighted by Crippen LogP contribution is -2.42. The Morgan fingerprint density at radius 3 is 2.95 bits per heavy atom. The van der Waals surface area contributed by atoms with Crippen LogP contribution in [0, 0.1) is 5.92 Å². The summed E-state index contributed by atoms with van der Waals surface area (Å²) in [5.74, 6) is -0.111. The van der Waals surface area contributed by atoms with Crippen LogP contribution in [0.5, 0.6) is 5.75 Å². The van der Waals surface area contributed by atoms with E-state index in [0.717, 1.165) is 19.4 Å². The number of thiocarbonyl (C=S) groups is 1. The highest BCUT2D eigenvalue weighted by Crippen LogP contribution is 2.24. The van der Waals surface area contributed by atoms with Crippen LogP contribution in [0.3, 0.4) is 0 Å². The predicted molar refractivity (Wildman–Crippen MR) is 80.7 cm³/mol. The second-order valence-electron chi connectivity index (χ2n) is 4.86. The van der Waals surface area contributed by atoms with Gasteiger partial charge in [-0.2, -0.15) is 0 Å². The normalized spacial score (nSPS) is 18.6. The standard InChI is InChI=1S/C15H19NO3S/c1-2-19-15(18)11-6-5-9-16(10-11)14(20)12-7-3-4-8-13(12)17/h3-4,7-8,11,17H,2,5-6,9-10H2,1H3/t11-/m1/s1. The van der Waals surface area contributed by atoms with Gasteiger partial charge < -0.3 is 14.7 Å². The molecule has 1 atom stereocenters. The van der Waals surface area contributed by atoms with E-state index in [9.17, 15) is 9.90 Å². The maximum atomic E-state index is 11.8. The topological polar surface area (TPSA) is 49.8 Å². The number of hydrogen-bond acceptors (Lipinski definition) is 4. The summed E-state index contributed by atoms with van der Waals surface area (Å²) in [7, 11) is 0. The highest BCUT2D eigenvalue weighted by molar-refractivity contribution is 7.80. The second kappa shape index (κ2) is 6.70. The molecule has 1 saturated heterocycles. The van der Waals surface area contributed by atoms with Crippen molar-refractivity contribution in [2.75, 3.05) is 19.7 Å². The summed E-state index contributed by atoms with van der Waals surface area (Å²) in [6.45, 7) is 3.58. The third-order valence-corrected chi connectivity index (χ3v) is 3.94. The molecule has 0 saturated carbocycles. The molecule has 1 fully saturated rings. The van der Waals surface area contributed by atoms with Gasteiger partial charge in [0.2, 0.25) is 0 Å². The Bertz CT molecular complexity index is 504. The van der Waals surface area contributed by atoms with Crippen molar-refractivity contribution in [3.05, 3.63) is 29.8 Å². The van der Waals surface area contributed by atoms with Crippen molar-refractivity contribution in [1.82, 2.24) is 4.90 Å². The molecule has 108 valence electrons. The molecular formula is C15H19NO3S. The van der Waals surface area contributed by atoms with E-state index in [0.29, 0.717) is 23.7 Å². The average Bonchev–Trinajstić information content (AvgIpc) is 2.47. The average molecular weight is 293 g/mol. The molecule has 20 heavy (non-hydrogen) atoms. The van der Waals surface area contributed by atoms with Crippen molar-refractivity contribution < 1.29 is 14.6 Å². The fraction of sp³-hybridized carbons (Fsp3) is 0.467. The second-order valence-corrected chi connectivity index (χ2v) is 5.25. The summed E-state index contributed by atoms with van der Waals surface area (Å²) in [5, 5.41) is 9.87. The number of phenols is 1. The molecule has 0 bridgehead atoms. The van der Waals surface area contributed by atoms with Gasteiger partial charge in [0.15, 0.2) is 0 Å². The van der Waals surface area contributed by atoms with E-state index >= 15 is 0 Å². The van der Waals surface area contributed by atoms with E-state index in [2.05, 4.69) is 0 Å². The van der Waals surface area contributed by atoms with E-state index in [1.165, 1.54) is 0 Å². The Balaban J connectivity index is 2.07. The van der Waals surface area contributed by atoms with E-state index in [-0.39, 0.29) is 17.6 Å². The van der Waals surface area contributed by atoms with Gasteiger partial charge >= 0.3 is 5.97 Å². The van der Waals surface area contributed by atoms with E-state index in [1.807, 2.05) is 17.9 Å². The van der Waals surface area contributed by atoms with Crippen molar-refractivity contribution in [2.24, 2.45) is 5.92 Å². The predicted octanol–water partition coefficient (Wildman–Crippen LogP) is 2.34. The van der Waals surface area contributed by atoms with Crippen LogP contribution in [0.1, 0.15) is 25.3 Å². The lowest BCUT2D eigenvalue weighted by Gasteiger charge is -2.33. The smallest absolute Gasteiger partial charge is 0.310 e. The lowest BCUT2D eigenvalue weighted by molar-refractivity contribution is -0.149. The minimum Gasteiger partial charge on any atom is -0.507 e. The Morgan fingerprint density at radius 1 is 1.50 bits per heavy atom. The Kier molecular flexibility index (Phi) is 4.95. The third kappa shape index (κ3) is 3.28. The number of nitrogens with zero attached hydrogens (tertiary/aromatic N) is 1. The molecule has 0 aliphatic carbocycles. The number of esters is 1. The van der Waals surface area contributed by atoms with Crippen molar-refractivity contribution in [3.63, 3.8) is 0 Å². The van der Waals surface area contributed by atoms with Gasteiger partial charge in [-0.05, 0) is 31.9 Å². The molecule has 1 aromatic rings. The van der Waals surface area contributed by atoms with Crippen LogP contribution in [-0.2, 0) is 9.53 Å². The zero-order chi connectivity index (χ0) is 14.5. The van der Waals surface area contributed by atoms with Gasteiger partial charge in [0.05, 0.1) is 18.1 Å². The maximum Gasteiger partial charge on any atom is 0.310 e. The van der Waals surface area contributed by atoms with Crippen LogP contribution >= 0.6 is 12.2 Å². The summed E-state index contributed by atoms with van der Waals surface area (Å²) in [5.41, 5.74) is 0.645. The number of rotatable bonds is 3. The van der Waals surface area contributed by atoms with Crippen molar-refractivity contribution in [2.45, 2.75) is 19.8 Å². The molecule has 1 N–H and O–H groups in total. The Hall–Kier alpha value is -1.62. The minimum atomic E-state index is -0.155. The fourth-order valence-electron chi connectivity index (χ4n) is 2.44. The van der Waals surface area contributed by atoms with E-state index in [4.69, 9.17) is 17.0 Å². The number of para-hydroxylation sites is 1. The van der Waals surface area contributed by atoms with Gasteiger partial charge in [0.1, 0.15) is 10.7 Å². The van der Waals surface area contributed by atoms with Gasteiger partial charge in [-0.25, -0.2) is 0 Å². The molecule has 2 rings (SSSR count). The van der Waals surface area contributed by atoms with Crippen molar-refractivity contribution in [3.8, 4) is 5.75 Å². The number of phenolic OH excluding ortho intramolecular Hbond substituents is 1. The number of benzene rings is 1. The van der Waals surface area contributed by atoms with Crippen LogP contribution in [0.4, 0.5) is 0 Å². The molecule has 0 amide bonds. The SMILES string of the molecule is CCOC(=O)[C@@H]1CCCN(C(=S)c2ccccc2O)C1. The molecule has 0 spiro atoms. The summed E-state index contributed by atoms with van der Waals surface area (Å²) >= 11 is 5.45. The molecule has 0 aromatic heterocycles. The quantitative estimate of drug-likeness (QED) is 0.685. The summed E-state index contributed by atoms with van der Waals surface area (Å²) in [6.07, 6.45) is 1.73. The molecule has 1 aliphatic rings. The number of carbonyl (C=O) groups excluding carboxylic acids is 1. The summed E-state index contributed by atoms with van der Waals surface area (Å²) in [4.78, 5) is 14.4. The molecule has 1 heterocycles. The van der Waals surface area contributed by atoms with Crippen molar-refractivity contribution in [1.29, 1.82) is 0 Å². The zero-order valence-electron chi connectivity index (χ0n) is 11.5. The zero-order valence-corrected chi connectivity index (χ0v) is 12.4. The molecule has 4 nitrogen and oxygen atoms in total. The first kappa shape index (κ1) is 14.8. The molecule has 0 radical (unpaired) electrons. The van der Waals surface area contributed by atoms with E-state index in [1.54, 1.807) is 18.2 Å². The van der Waals surface area contributed by atoms with Crippen LogP contribution in [0.25, 0.3) is 0 Å². The lowest BCUT2D eigenvalue weighted by atomic mass is 9.97. The number of aromatic hydroxyl groups is 1. The highest BCUT2D eigenvalue weighted by atomic mass is 32.1. The fourth-order valence-corrected chi connectivity index (χ4v) is 2.78. The molecule has 0 unspecified atom stereocenters. The summed E-state index contributed by atoms with van der Waals surface area (Å²) < 4.78 is 5.08. The highest BCUT2D eigenvalue weighted by Gasteiger charge is 2.28. The first-order valence-corrected chi connectivity index (χ1v) is 7.28. The Labute approximate surface area is 124 Å². The van der Waals surface area contributed by atoms with Gasteiger partial charge in [-0.3, -0.25) is 4.79 Å². The molecular weight excluding hydrogens is 274 g/mol. The summed E-state index contributed by atoms with van der Waals surface area (Å²) in [6, 6.07) is 7.02. The first-order chi connectivity index (χ1) is 9.63. The van der Waals surface area contributed by atoms with Crippen molar-refractivity contribution >= 4 is 23.2 Å². The van der Waals surface area contributed by atoms with Crippen LogP contribution in [0.15, 0.2) is 24.3 Å². The van der Waals surface area contributed by atoms with Crippen LogP contribution < -0.4 is 0 Å². The monoisotopic (exact) mass is 293 g/mol. The van der Waals surface area contributed by atoms with Gasteiger partial charge in [0, 0.05) is 13.1 Å². The molecule has 1 aliphatic heterocycles. The van der Waals surface area contributed by atoms with Crippen LogP contribution in [-0.4, -0.2) is 40.7 Å². The number of ether oxygens (including phenoxy) is 1. The van der Waals surface area contributed by atoms with E-state index < -0.39 is 0 Å². The number of carbonyl (C=O) groups is 1. The van der Waals surface area contributed by atoms with Crippen LogP contribution in [0.2, 0.25) is 0 Å². The number of likely N-dealkylation sites (tertiary alicyclic amines) is 1. The minimum absolute atomic E-state index is 0.132. The number of hydrogen-bond donors (Lipinski definition) is 1. The third-order valence-electron chi connectivity index (χ3n) is 3.46. The van der Waals surface area contributed by atoms with Gasteiger partial charge in [-0.15, -0.1) is 0 Å². The Morgan fingerprint density at radius 2 is 2.25 bits per heavy atom. The van der Waals surface area contributed by atoms with Gasteiger partial charge in [0.25, 0.3) is 0 Å². The largest absolute Gasteiger partial charge is 0.507 e.